The highest BCUT2D eigenvalue weighted by atomic mass is 32.1. The molecule has 0 atom stereocenters. The van der Waals surface area contributed by atoms with Gasteiger partial charge in [0, 0.05) is 13.0 Å². The van der Waals surface area contributed by atoms with Crippen molar-refractivity contribution >= 4 is 38.5 Å². The maximum absolute atomic E-state index is 13.9. The monoisotopic (exact) mass is 447 g/mol. The third-order valence-electron chi connectivity index (χ3n) is 4.61. The van der Waals surface area contributed by atoms with E-state index < -0.39 is 28.9 Å². The highest BCUT2D eigenvalue weighted by Crippen LogP contribution is 2.40. The summed E-state index contributed by atoms with van der Waals surface area (Å²) in [5.74, 6) is -1.98. The first-order chi connectivity index (χ1) is 14.7. The van der Waals surface area contributed by atoms with Crippen LogP contribution in [0.5, 0.6) is 5.75 Å². The molecule has 0 spiro atoms. The number of benzene rings is 2. The quantitative estimate of drug-likeness (QED) is 0.285. The molecule has 4 aromatic rings. The van der Waals surface area contributed by atoms with Crippen LogP contribution in [0.1, 0.15) is 31.6 Å². The van der Waals surface area contributed by atoms with Crippen molar-refractivity contribution in [3.63, 3.8) is 0 Å². The fraction of sp³-hybridized carbons (Fsp3) is 0.227. The first-order valence-corrected chi connectivity index (χ1v) is 10.3. The molecular formula is C22H16F3NO4S. The highest BCUT2D eigenvalue weighted by Gasteiger charge is 2.40. The van der Waals surface area contributed by atoms with E-state index in [9.17, 15) is 22.8 Å². The maximum Gasteiger partial charge on any atom is 0.450 e. The zero-order valence-corrected chi connectivity index (χ0v) is 17.3. The molecule has 2 heterocycles. The Morgan fingerprint density at radius 3 is 2.61 bits per heavy atom. The minimum atomic E-state index is -4.93. The second-order valence-corrected chi connectivity index (χ2v) is 7.95. The van der Waals surface area contributed by atoms with Gasteiger partial charge in [0.1, 0.15) is 21.9 Å². The van der Waals surface area contributed by atoms with Crippen molar-refractivity contribution in [3.8, 4) is 16.3 Å². The number of rotatable bonds is 4. The van der Waals surface area contributed by atoms with Crippen LogP contribution in [0.15, 0.2) is 45.6 Å². The van der Waals surface area contributed by atoms with Gasteiger partial charge in [-0.05, 0) is 30.2 Å². The van der Waals surface area contributed by atoms with Crippen LogP contribution < -0.4 is 10.2 Å². The number of carbonyl (C=O) groups excluding carboxylic acids is 1. The van der Waals surface area contributed by atoms with Crippen LogP contribution in [-0.2, 0) is 17.4 Å². The third-order valence-corrected chi connectivity index (χ3v) is 5.67. The van der Waals surface area contributed by atoms with Gasteiger partial charge in [-0.3, -0.25) is 9.59 Å². The Bertz CT molecular complexity index is 1340. The van der Waals surface area contributed by atoms with Gasteiger partial charge in [-0.15, -0.1) is 11.3 Å². The van der Waals surface area contributed by atoms with E-state index in [2.05, 4.69) is 4.98 Å². The van der Waals surface area contributed by atoms with Crippen LogP contribution in [0.2, 0.25) is 0 Å². The van der Waals surface area contributed by atoms with Gasteiger partial charge >= 0.3 is 12.1 Å². The lowest BCUT2D eigenvalue weighted by Gasteiger charge is -2.13. The number of para-hydroxylation sites is 1. The van der Waals surface area contributed by atoms with Gasteiger partial charge in [0.05, 0.1) is 15.6 Å². The lowest BCUT2D eigenvalue weighted by atomic mass is 10.0. The van der Waals surface area contributed by atoms with E-state index >= 15 is 0 Å². The number of aryl methyl sites for hydroxylation is 1. The average Bonchev–Trinajstić information content (AvgIpc) is 3.11. The van der Waals surface area contributed by atoms with E-state index in [1.165, 1.54) is 19.1 Å². The van der Waals surface area contributed by atoms with Gasteiger partial charge < -0.3 is 9.15 Å². The summed E-state index contributed by atoms with van der Waals surface area (Å²) in [5, 5.41) is -0.0908. The van der Waals surface area contributed by atoms with E-state index in [1.807, 2.05) is 6.92 Å². The first-order valence-electron chi connectivity index (χ1n) is 9.44. The van der Waals surface area contributed by atoms with Gasteiger partial charge in [0.25, 0.3) is 0 Å². The molecule has 0 bridgehead atoms. The van der Waals surface area contributed by atoms with Gasteiger partial charge in [-0.1, -0.05) is 25.5 Å². The largest absolute Gasteiger partial charge is 0.450 e. The molecule has 160 valence electrons. The zero-order valence-electron chi connectivity index (χ0n) is 16.5. The van der Waals surface area contributed by atoms with Crippen LogP contribution in [0.4, 0.5) is 13.2 Å². The van der Waals surface area contributed by atoms with Crippen molar-refractivity contribution in [2.75, 3.05) is 0 Å². The maximum atomic E-state index is 13.9. The van der Waals surface area contributed by atoms with Crippen molar-refractivity contribution < 1.29 is 27.1 Å². The predicted octanol–water partition coefficient (Wildman–Crippen LogP) is 5.97. The summed E-state index contributed by atoms with van der Waals surface area (Å²) < 4.78 is 52.6. The van der Waals surface area contributed by atoms with Crippen molar-refractivity contribution in [3.05, 3.63) is 57.9 Å². The molecule has 4 rings (SSSR count). The summed E-state index contributed by atoms with van der Waals surface area (Å²) in [4.78, 5) is 28.9. The molecule has 0 radical (unpaired) electrons. The van der Waals surface area contributed by atoms with Gasteiger partial charge in [0.15, 0.2) is 0 Å². The Labute approximate surface area is 178 Å². The molecule has 0 saturated carbocycles. The lowest BCUT2D eigenvalue weighted by Crippen LogP contribution is -2.16. The van der Waals surface area contributed by atoms with Gasteiger partial charge in [-0.25, -0.2) is 4.98 Å². The predicted molar refractivity (Wildman–Crippen MR) is 111 cm³/mol. The van der Waals surface area contributed by atoms with E-state index in [-0.39, 0.29) is 21.7 Å². The van der Waals surface area contributed by atoms with E-state index in [4.69, 9.17) is 9.15 Å². The summed E-state index contributed by atoms with van der Waals surface area (Å²) >= 11 is 0.989. The number of esters is 1. The molecule has 9 heteroatoms. The van der Waals surface area contributed by atoms with Crippen LogP contribution >= 0.6 is 11.3 Å². The lowest BCUT2D eigenvalue weighted by molar-refractivity contribution is -0.152. The molecule has 0 aliphatic rings. The molecular weight excluding hydrogens is 431 g/mol. The summed E-state index contributed by atoms with van der Waals surface area (Å²) in [6.45, 7) is 3.08. The Hall–Kier alpha value is -3.20. The highest BCUT2D eigenvalue weighted by molar-refractivity contribution is 7.21. The number of hydrogen-bond acceptors (Lipinski definition) is 6. The average molecular weight is 447 g/mol. The zero-order chi connectivity index (χ0) is 22.3. The minimum Gasteiger partial charge on any atom is -0.450 e. The number of thiazole rings is 1. The first kappa shape index (κ1) is 21.0. The Morgan fingerprint density at radius 1 is 1.23 bits per heavy atom. The molecule has 2 aromatic heterocycles. The standard InChI is InChI=1S/C22H16F3NO4S/c1-3-6-12-9-13-16(10-15(12)29-11(2)27)30-20(22(23,24)25)18(19(13)28)21-26-14-7-4-5-8-17(14)31-21/h4-5,7-10H,3,6H2,1-2H3. The van der Waals surface area contributed by atoms with Crippen molar-refractivity contribution in [2.24, 2.45) is 0 Å². The Morgan fingerprint density at radius 2 is 1.97 bits per heavy atom. The number of nitrogens with zero attached hydrogens (tertiary/aromatic N) is 1. The molecule has 2 aromatic carbocycles. The minimum absolute atomic E-state index is 0.0263. The summed E-state index contributed by atoms with van der Waals surface area (Å²) in [5.41, 5.74) is -0.735. The number of alkyl halides is 3. The van der Waals surface area contributed by atoms with Gasteiger partial charge in [-0.2, -0.15) is 13.2 Å². The van der Waals surface area contributed by atoms with Crippen LogP contribution in [0.3, 0.4) is 0 Å². The number of carbonyl (C=O) groups is 1. The Kier molecular flexibility index (Phi) is 5.30. The van der Waals surface area contributed by atoms with Crippen molar-refractivity contribution in [2.45, 2.75) is 32.9 Å². The summed E-state index contributed by atoms with van der Waals surface area (Å²) in [7, 11) is 0. The normalized spacial score (nSPS) is 11.9. The Balaban J connectivity index is 2.06. The molecule has 0 unspecified atom stereocenters. The van der Waals surface area contributed by atoms with E-state index in [1.54, 1.807) is 24.3 Å². The number of ether oxygens (including phenoxy) is 1. The smallest absolute Gasteiger partial charge is 0.450 e. The summed E-state index contributed by atoms with van der Waals surface area (Å²) in [6.07, 6.45) is -3.78. The molecule has 0 aliphatic carbocycles. The third kappa shape index (κ3) is 3.93. The number of hydrogen-bond donors (Lipinski definition) is 0. The number of aromatic nitrogens is 1. The van der Waals surface area contributed by atoms with Crippen LogP contribution in [-0.4, -0.2) is 11.0 Å². The number of halogens is 3. The molecule has 0 N–H and O–H groups in total. The topological polar surface area (TPSA) is 69.4 Å². The SMILES string of the molecule is CCCc1cc2c(=O)c(-c3nc4ccccc4s3)c(C(F)(F)F)oc2cc1OC(C)=O. The second kappa shape index (κ2) is 7.81. The van der Waals surface area contributed by atoms with E-state index in [0.29, 0.717) is 28.6 Å². The summed E-state index contributed by atoms with van der Waals surface area (Å²) in [6, 6.07) is 9.44. The van der Waals surface area contributed by atoms with Gasteiger partial charge in [0.2, 0.25) is 11.2 Å². The molecule has 0 fully saturated rings. The fourth-order valence-electron chi connectivity index (χ4n) is 3.35. The second-order valence-electron chi connectivity index (χ2n) is 6.92. The molecule has 0 aliphatic heterocycles. The van der Waals surface area contributed by atoms with Crippen molar-refractivity contribution in [1.82, 2.24) is 4.98 Å². The van der Waals surface area contributed by atoms with Crippen molar-refractivity contribution in [1.29, 1.82) is 0 Å². The van der Waals surface area contributed by atoms with Crippen LogP contribution in [0.25, 0.3) is 31.8 Å². The van der Waals surface area contributed by atoms with Crippen LogP contribution in [0, 0.1) is 0 Å². The fourth-order valence-corrected chi connectivity index (χ4v) is 4.36. The molecule has 31 heavy (non-hydrogen) atoms. The van der Waals surface area contributed by atoms with E-state index in [0.717, 1.165) is 11.3 Å². The molecule has 0 saturated heterocycles. The molecule has 5 nitrogen and oxygen atoms in total. The number of fused-ring (bicyclic) bond motifs is 2. The molecule has 0 amide bonds.